The topological polar surface area (TPSA) is 40.5 Å². The number of benzene rings is 1. The van der Waals surface area contributed by atoms with Crippen molar-refractivity contribution in [3.63, 3.8) is 0 Å². The summed E-state index contributed by atoms with van der Waals surface area (Å²) in [5.41, 5.74) is 1.57. The first kappa shape index (κ1) is 12.4. The third kappa shape index (κ3) is 1.84. The van der Waals surface area contributed by atoms with Gasteiger partial charge in [0.2, 0.25) is 0 Å². The Labute approximate surface area is 110 Å². The van der Waals surface area contributed by atoms with Crippen molar-refractivity contribution in [3.05, 3.63) is 28.2 Å². The molecule has 0 spiro atoms. The molecule has 1 aliphatic heterocycles. The number of carboxylic acids is 1. The van der Waals surface area contributed by atoms with E-state index in [2.05, 4.69) is 20.8 Å². The summed E-state index contributed by atoms with van der Waals surface area (Å²) in [6.07, 6.45) is 0.770. The zero-order valence-corrected chi connectivity index (χ0v) is 11.8. The molecule has 0 aliphatic carbocycles. The van der Waals surface area contributed by atoms with E-state index in [0.717, 1.165) is 16.6 Å². The van der Waals surface area contributed by atoms with Gasteiger partial charge in [-0.05, 0) is 38.0 Å². The van der Waals surface area contributed by atoms with E-state index in [1.807, 2.05) is 25.2 Å². The van der Waals surface area contributed by atoms with Crippen LogP contribution in [0, 0.1) is 5.41 Å². The van der Waals surface area contributed by atoms with Crippen LogP contribution in [0.5, 0.6) is 0 Å². The zero-order chi connectivity index (χ0) is 12.8. The van der Waals surface area contributed by atoms with Crippen molar-refractivity contribution in [3.8, 4) is 0 Å². The van der Waals surface area contributed by atoms with Crippen molar-refractivity contribution < 1.29 is 9.90 Å². The Bertz CT molecular complexity index is 470. The third-order valence-corrected chi connectivity index (χ3v) is 4.47. The quantitative estimate of drug-likeness (QED) is 0.912. The van der Waals surface area contributed by atoms with Crippen LogP contribution in [-0.2, 0) is 11.2 Å². The summed E-state index contributed by atoms with van der Waals surface area (Å²) in [6, 6.07) is 6.02. The average molecular weight is 298 g/mol. The summed E-state index contributed by atoms with van der Waals surface area (Å²) in [5.74, 6) is -0.752. The standard InChI is InChI=1S/C13H16BrNO2/c1-13(2,12(16)17)11-7-8-9(14)5-4-6-10(8)15(11)3/h4-6,11H,7H2,1-3H3,(H,16,17). The molecule has 3 nitrogen and oxygen atoms in total. The number of rotatable bonds is 2. The fourth-order valence-corrected chi connectivity index (χ4v) is 2.98. The molecule has 1 unspecified atom stereocenters. The number of carbonyl (C=O) groups is 1. The van der Waals surface area contributed by atoms with E-state index >= 15 is 0 Å². The van der Waals surface area contributed by atoms with Gasteiger partial charge < -0.3 is 10.0 Å². The molecule has 1 N–H and O–H groups in total. The van der Waals surface area contributed by atoms with Gasteiger partial charge >= 0.3 is 5.97 Å². The molecule has 2 rings (SSSR count). The summed E-state index contributed by atoms with van der Waals surface area (Å²) in [6.45, 7) is 3.58. The van der Waals surface area contributed by atoms with Crippen LogP contribution in [0.1, 0.15) is 19.4 Å². The van der Waals surface area contributed by atoms with E-state index in [1.165, 1.54) is 5.56 Å². The molecule has 0 amide bonds. The van der Waals surface area contributed by atoms with Crippen molar-refractivity contribution in [2.24, 2.45) is 5.41 Å². The second-order valence-electron chi connectivity index (χ2n) is 5.10. The van der Waals surface area contributed by atoms with E-state index in [0.29, 0.717) is 0 Å². The maximum absolute atomic E-state index is 11.4. The van der Waals surface area contributed by atoms with Gasteiger partial charge in [0.1, 0.15) is 0 Å². The number of carboxylic acid groups (broad SMARTS) is 1. The smallest absolute Gasteiger partial charge is 0.311 e. The van der Waals surface area contributed by atoms with Gasteiger partial charge in [0.05, 0.1) is 5.41 Å². The highest BCUT2D eigenvalue weighted by molar-refractivity contribution is 9.10. The van der Waals surface area contributed by atoms with Crippen LogP contribution in [0.3, 0.4) is 0 Å². The monoisotopic (exact) mass is 297 g/mol. The number of hydrogen-bond donors (Lipinski definition) is 1. The minimum absolute atomic E-state index is 0.00583. The Morgan fingerprint density at radius 1 is 1.53 bits per heavy atom. The molecule has 1 heterocycles. The van der Waals surface area contributed by atoms with Crippen LogP contribution >= 0.6 is 15.9 Å². The Morgan fingerprint density at radius 2 is 2.18 bits per heavy atom. The van der Waals surface area contributed by atoms with Gasteiger partial charge in [-0.2, -0.15) is 0 Å². The Balaban J connectivity index is 2.41. The first-order valence-electron chi connectivity index (χ1n) is 5.59. The molecule has 0 radical (unpaired) electrons. The maximum Gasteiger partial charge on any atom is 0.311 e. The van der Waals surface area contributed by atoms with E-state index < -0.39 is 11.4 Å². The van der Waals surface area contributed by atoms with Gasteiger partial charge in [-0.1, -0.05) is 22.0 Å². The van der Waals surface area contributed by atoms with Crippen molar-refractivity contribution in [1.29, 1.82) is 0 Å². The summed E-state index contributed by atoms with van der Waals surface area (Å²) < 4.78 is 1.06. The first-order valence-corrected chi connectivity index (χ1v) is 6.38. The number of anilines is 1. The van der Waals surface area contributed by atoms with Crippen LogP contribution in [-0.4, -0.2) is 24.2 Å². The maximum atomic E-state index is 11.4. The molecular formula is C13H16BrNO2. The molecule has 1 aliphatic rings. The Hall–Kier alpha value is -1.03. The van der Waals surface area contributed by atoms with Gasteiger partial charge in [-0.3, -0.25) is 4.79 Å². The van der Waals surface area contributed by atoms with Crippen molar-refractivity contribution in [2.75, 3.05) is 11.9 Å². The van der Waals surface area contributed by atoms with E-state index in [4.69, 9.17) is 0 Å². The molecule has 92 valence electrons. The van der Waals surface area contributed by atoms with Crippen LogP contribution in [0.25, 0.3) is 0 Å². The zero-order valence-electron chi connectivity index (χ0n) is 10.2. The molecule has 1 atom stereocenters. The minimum Gasteiger partial charge on any atom is -0.481 e. The van der Waals surface area contributed by atoms with Crippen LogP contribution in [0.15, 0.2) is 22.7 Å². The summed E-state index contributed by atoms with van der Waals surface area (Å²) in [7, 11) is 1.97. The second-order valence-corrected chi connectivity index (χ2v) is 5.95. The van der Waals surface area contributed by atoms with Gasteiger partial charge in [0.25, 0.3) is 0 Å². The number of nitrogens with zero attached hydrogens (tertiary/aromatic N) is 1. The lowest BCUT2D eigenvalue weighted by Gasteiger charge is -2.33. The fourth-order valence-electron chi connectivity index (χ4n) is 2.46. The third-order valence-electron chi connectivity index (χ3n) is 3.72. The molecule has 0 saturated heterocycles. The average Bonchev–Trinajstić information content (AvgIpc) is 2.58. The lowest BCUT2D eigenvalue weighted by molar-refractivity contribution is -0.148. The normalized spacial score (nSPS) is 19.3. The highest BCUT2D eigenvalue weighted by Gasteiger charge is 2.43. The molecular weight excluding hydrogens is 282 g/mol. The predicted octanol–water partition coefficient (Wildman–Crippen LogP) is 2.92. The fraction of sp³-hybridized carbons (Fsp3) is 0.462. The van der Waals surface area contributed by atoms with E-state index in [1.54, 1.807) is 13.8 Å². The molecule has 4 heteroatoms. The second kappa shape index (κ2) is 4.02. The molecule has 0 bridgehead atoms. The van der Waals surface area contributed by atoms with Crippen LogP contribution in [0.4, 0.5) is 5.69 Å². The summed E-state index contributed by atoms with van der Waals surface area (Å²) in [4.78, 5) is 13.4. The number of hydrogen-bond acceptors (Lipinski definition) is 2. The number of halogens is 1. The highest BCUT2D eigenvalue weighted by atomic mass is 79.9. The Morgan fingerprint density at radius 3 is 2.71 bits per heavy atom. The number of aliphatic carboxylic acids is 1. The van der Waals surface area contributed by atoms with Crippen molar-refractivity contribution in [2.45, 2.75) is 26.3 Å². The Kier molecular flexibility index (Phi) is 2.94. The first-order chi connectivity index (χ1) is 7.85. The van der Waals surface area contributed by atoms with Gasteiger partial charge in [0, 0.05) is 23.2 Å². The molecule has 17 heavy (non-hydrogen) atoms. The van der Waals surface area contributed by atoms with Crippen LogP contribution < -0.4 is 4.90 Å². The van der Waals surface area contributed by atoms with Gasteiger partial charge in [0.15, 0.2) is 0 Å². The van der Waals surface area contributed by atoms with Gasteiger partial charge in [-0.25, -0.2) is 0 Å². The molecule has 1 aromatic rings. The minimum atomic E-state index is -0.757. The summed E-state index contributed by atoms with van der Waals surface area (Å²) >= 11 is 3.53. The summed E-state index contributed by atoms with van der Waals surface area (Å²) in [5, 5.41) is 9.33. The lowest BCUT2D eigenvalue weighted by atomic mass is 9.82. The number of fused-ring (bicyclic) bond motifs is 1. The van der Waals surface area contributed by atoms with Crippen LogP contribution in [0.2, 0.25) is 0 Å². The van der Waals surface area contributed by atoms with Gasteiger partial charge in [-0.15, -0.1) is 0 Å². The molecule has 1 aromatic carbocycles. The SMILES string of the molecule is CN1c2cccc(Br)c2CC1C(C)(C)C(=O)O. The van der Waals surface area contributed by atoms with E-state index in [-0.39, 0.29) is 6.04 Å². The predicted molar refractivity (Wildman–Crippen MR) is 71.5 cm³/mol. The van der Waals surface area contributed by atoms with Crippen molar-refractivity contribution in [1.82, 2.24) is 0 Å². The highest BCUT2D eigenvalue weighted by Crippen LogP contribution is 2.41. The molecule has 0 aromatic heterocycles. The lowest BCUT2D eigenvalue weighted by Crippen LogP contribution is -2.46. The largest absolute Gasteiger partial charge is 0.481 e. The number of likely N-dealkylation sites (N-methyl/N-ethyl adjacent to an activating group) is 1. The molecule has 0 saturated carbocycles. The molecule has 0 fully saturated rings. The van der Waals surface area contributed by atoms with E-state index in [9.17, 15) is 9.90 Å². The van der Waals surface area contributed by atoms with Crippen molar-refractivity contribution >= 4 is 27.6 Å².